The van der Waals surface area contributed by atoms with Crippen LogP contribution in [-0.4, -0.2) is 21.3 Å². The van der Waals surface area contributed by atoms with Crippen LogP contribution in [-0.2, 0) is 10.8 Å². The van der Waals surface area contributed by atoms with Crippen LogP contribution in [0.25, 0.3) is 76.9 Å². The zero-order chi connectivity index (χ0) is 37.8. The van der Waals surface area contributed by atoms with Gasteiger partial charge in [-0.05, 0) is 99.1 Å². The largest absolute Gasteiger partial charge is 0.455 e. The van der Waals surface area contributed by atoms with E-state index in [0.29, 0.717) is 0 Å². The summed E-state index contributed by atoms with van der Waals surface area (Å²) in [6, 6.07) is 46.7. The zero-order valence-electron chi connectivity index (χ0n) is 32.4. The lowest BCUT2D eigenvalue weighted by atomic mass is 9.45. The lowest BCUT2D eigenvalue weighted by Gasteiger charge is -2.41. The van der Waals surface area contributed by atoms with E-state index in [9.17, 15) is 0 Å². The molecule has 3 aromatic heterocycles. The van der Waals surface area contributed by atoms with Gasteiger partial charge in [0, 0.05) is 49.8 Å². The number of anilines is 3. The topological polar surface area (TPSA) is 47.1 Å². The first-order chi connectivity index (χ1) is 27.0. The summed E-state index contributed by atoms with van der Waals surface area (Å²) >= 11 is 0. The fraction of sp³-hybridized carbons (Fsp3) is 0.160. The molecule has 268 valence electrons. The van der Waals surface area contributed by atoms with Crippen molar-refractivity contribution in [3.8, 4) is 11.1 Å². The van der Waals surface area contributed by atoms with E-state index in [4.69, 9.17) is 14.4 Å². The van der Waals surface area contributed by atoms with Crippen LogP contribution in [0.5, 0.6) is 0 Å². The normalized spacial score (nSPS) is 13.8. The van der Waals surface area contributed by atoms with Crippen molar-refractivity contribution in [2.75, 3.05) is 4.90 Å². The Hall–Kier alpha value is -6.40. The van der Waals surface area contributed by atoms with Crippen LogP contribution < -0.4 is 15.8 Å². The average molecular weight is 723 g/mol. The molecule has 0 atom stereocenters. The van der Waals surface area contributed by atoms with E-state index in [1.54, 1.807) is 0 Å². The average Bonchev–Trinajstić information content (AvgIpc) is 3.73. The van der Waals surface area contributed by atoms with Gasteiger partial charge in [0.2, 0.25) is 0 Å². The highest BCUT2D eigenvalue weighted by atomic mass is 16.3. The highest BCUT2D eigenvalue weighted by Crippen LogP contribution is 2.49. The quantitative estimate of drug-likeness (QED) is 0.125. The summed E-state index contributed by atoms with van der Waals surface area (Å²) in [6.07, 6.45) is 0. The van der Waals surface area contributed by atoms with Crippen LogP contribution in [0.1, 0.15) is 52.7 Å². The molecule has 0 spiro atoms. The Labute approximate surface area is 325 Å². The van der Waals surface area contributed by atoms with Gasteiger partial charge >= 0.3 is 6.85 Å². The lowest BCUT2D eigenvalue weighted by molar-refractivity contribution is 0.569. The third-order valence-corrected chi connectivity index (χ3v) is 12.4. The predicted octanol–water partition coefficient (Wildman–Crippen LogP) is 11.8. The van der Waals surface area contributed by atoms with Crippen molar-refractivity contribution in [1.82, 2.24) is 14.4 Å². The molecule has 56 heavy (non-hydrogen) atoms. The Kier molecular flexibility index (Phi) is 6.08. The summed E-state index contributed by atoms with van der Waals surface area (Å²) in [5.41, 5.74) is 18.8. The van der Waals surface area contributed by atoms with E-state index in [1.807, 2.05) is 12.1 Å². The van der Waals surface area contributed by atoms with Gasteiger partial charge in [-0.25, -0.2) is 9.97 Å². The number of furan rings is 1. The summed E-state index contributed by atoms with van der Waals surface area (Å²) in [6.45, 7) is 13.8. The minimum Gasteiger partial charge on any atom is -0.455 e. The molecule has 0 unspecified atom stereocenters. The molecule has 0 radical (unpaired) electrons. The maximum absolute atomic E-state index is 6.79. The van der Waals surface area contributed by atoms with Gasteiger partial charge in [-0.15, -0.1) is 0 Å². The van der Waals surface area contributed by atoms with Gasteiger partial charge < -0.3 is 13.8 Å². The van der Waals surface area contributed by atoms with Gasteiger partial charge in [-0.1, -0.05) is 108 Å². The lowest BCUT2D eigenvalue weighted by Crippen LogP contribution is -2.56. The Morgan fingerprint density at radius 3 is 1.95 bits per heavy atom. The van der Waals surface area contributed by atoms with E-state index in [1.165, 1.54) is 60.7 Å². The number of para-hydroxylation sites is 4. The number of hydrogen-bond acceptors (Lipinski definition) is 4. The molecule has 12 rings (SSSR count). The molecule has 6 heteroatoms. The molecule has 5 nitrogen and oxygen atoms in total. The van der Waals surface area contributed by atoms with Crippen molar-refractivity contribution < 1.29 is 4.42 Å². The molecule has 10 aromatic rings. The van der Waals surface area contributed by atoms with E-state index in [0.717, 1.165) is 55.4 Å². The van der Waals surface area contributed by atoms with E-state index in [-0.39, 0.29) is 17.7 Å². The molecule has 2 aliphatic heterocycles. The van der Waals surface area contributed by atoms with Gasteiger partial charge in [-0.2, -0.15) is 0 Å². The highest BCUT2D eigenvalue weighted by molar-refractivity contribution is 6.90. The SMILES string of the molecule is CC(C)(C)c1cc(N2c3cc4nc5ccccc5nc4cc3B3c4c(cccc42)-c2cc4c5ccccc5oc4c4c5ccccc5n3c24)cc(C(C)(C)C)c1. The van der Waals surface area contributed by atoms with Gasteiger partial charge in [0.25, 0.3) is 0 Å². The zero-order valence-corrected chi connectivity index (χ0v) is 32.4. The summed E-state index contributed by atoms with van der Waals surface area (Å²) in [4.78, 5) is 13.0. The van der Waals surface area contributed by atoms with Crippen LogP contribution >= 0.6 is 0 Å². The first-order valence-corrected chi connectivity index (χ1v) is 19.7. The molecular weight excluding hydrogens is 683 g/mol. The first-order valence-electron chi connectivity index (χ1n) is 19.7. The summed E-state index contributed by atoms with van der Waals surface area (Å²) in [5, 5.41) is 4.66. The molecule has 0 N–H and O–H groups in total. The molecule has 7 aromatic carbocycles. The van der Waals surface area contributed by atoms with Gasteiger partial charge in [0.05, 0.1) is 27.5 Å². The fourth-order valence-electron chi connectivity index (χ4n) is 9.63. The maximum Gasteiger partial charge on any atom is 0.333 e. The molecule has 0 bridgehead atoms. The monoisotopic (exact) mass is 722 g/mol. The molecular formula is C50H39BN4O. The third-order valence-electron chi connectivity index (χ3n) is 12.4. The Bertz CT molecular complexity index is 3330. The molecule has 0 fully saturated rings. The van der Waals surface area contributed by atoms with Gasteiger partial charge in [0.15, 0.2) is 0 Å². The summed E-state index contributed by atoms with van der Waals surface area (Å²) < 4.78 is 9.38. The number of hydrogen-bond donors (Lipinski definition) is 0. The smallest absolute Gasteiger partial charge is 0.333 e. The highest BCUT2D eigenvalue weighted by Gasteiger charge is 2.44. The van der Waals surface area contributed by atoms with Crippen LogP contribution in [0, 0.1) is 0 Å². The van der Waals surface area contributed by atoms with Crippen molar-refractivity contribution in [2.45, 2.75) is 52.4 Å². The van der Waals surface area contributed by atoms with Crippen molar-refractivity contribution >= 4 is 101 Å². The van der Waals surface area contributed by atoms with Crippen LogP contribution in [0.2, 0.25) is 0 Å². The number of aromatic nitrogens is 3. The fourth-order valence-corrected chi connectivity index (χ4v) is 9.63. The molecule has 0 saturated carbocycles. The minimum absolute atomic E-state index is 0.0472. The molecule has 0 amide bonds. The second-order valence-corrected chi connectivity index (χ2v) is 17.9. The molecule has 0 aliphatic carbocycles. The van der Waals surface area contributed by atoms with Crippen LogP contribution in [0.15, 0.2) is 132 Å². The Balaban J connectivity index is 1.26. The van der Waals surface area contributed by atoms with Gasteiger partial charge in [-0.3, -0.25) is 0 Å². The van der Waals surface area contributed by atoms with E-state index in [2.05, 4.69) is 166 Å². The van der Waals surface area contributed by atoms with Crippen LogP contribution in [0.3, 0.4) is 0 Å². The van der Waals surface area contributed by atoms with Crippen LogP contribution in [0.4, 0.5) is 17.1 Å². The number of nitrogens with zero attached hydrogens (tertiary/aromatic N) is 4. The van der Waals surface area contributed by atoms with E-state index >= 15 is 0 Å². The molecule has 0 saturated heterocycles. The van der Waals surface area contributed by atoms with Gasteiger partial charge in [0.1, 0.15) is 11.2 Å². The Morgan fingerprint density at radius 2 is 1.21 bits per heavy atom. The Morgan fingerprint density at radius 1 is 0.554 bits per heavy atom. The summed E-state index contributed by atoms with van der Waals surface area (Å²) in [5.74, 6) is 0. The van der Waals surface area contributed by atoms with Crippen molar-refractivity contribution in [3.05, 3.63) is 139 Å². The third kappa shape index (κ3) is 4.22. The minimum atomic E-state index is -0.116. The number of rotatable bonds is 1. The van der Waals surface area contributed by atoms with Crippen molar-refractivity contribution in [1.29, 1.82) is 0 Å². The standard InChI is InChI=1S/C50H39BN4O/c1-49(2,3)28-22-29(50(4,5)6)24-30(23-28)54-42-20-13-16-32-34-25-35-31-14-8-12-21-44(31)56-48(35)45-33-15-7-11-19-41(33)55(47(34)45)51(46(32)42)36-26-39-40(27-43(36)54)53-38-18-10-9-17-37(38)52-39/h7-27H,1-6H3. The number of fused-ring (bicyclic) bond motifs is 13. The van der Waals surface area contributed by atoms with Crippen molar-refractivity contribution in [2.24, 2.45) is 0 Å². The van der Waals surface area contributed by atoms with E-state index < -0.39 is 0 Å². The second-order valence-electron chi connectivity index (χ2n) is 17.9. The second kappa shape index (κ2) is 10.7. The molecule has 2 aliphatic rings. The predicted molar refractivity (Wildman–Crippen MR) is 235 cm³/mol. The van der Waals surface area contributed by atoms with Crippen molar-refractivity contribution in [3.63, 3.8) is 0 Å². The maximum atomic E-state index is 6.79. The first kappa shape index (κ1) is 31.9. The molecule has 5 heterocycles. The summed E-state index contributed by atoms with van der Waals surface area (Å²) in [7, 11) is 0. The number of benzene rings is 7.